The van der Waals surface area contributed by atoms with E-state index >= 15 is 0 Å². The Morgan fingerprint density at radius 3 is 2.36 bits per heavy atom. The molecule has 6 heteroatoms. The molecule has 1 aromatic heterocycles. The molecule has 0 unspecified atom stereocenters. The SMILES string of the molecule is CCc1oc2c(OC)ccc(-c3ccc(C(=O)O)cc3)c2c1C(N)=O. The van der Waals surface area contributed by atoms with Crippen LogP contribution in [0.15, 0.2) is 40.8 Å². The van der Waals surface area contributed by atoms with Crippen LogP contribution in [0, 0.1) is 0 Å². The highest BCUT2D eigenvalue weighted by Crippen LogP contribution is 2.40. The molecule has 1 amide bonds. The summed E-state index contributed by atoms with van der Waals surface area (Å²) in [6.07, 6.45) is 0.507. The number of rotatable bonds is 5. The molecule has 3 aromatic rings. The smallest absolute Gasteiger partial charge is 0.335 e. The van der Waals surface area contributed by atoms with Crippen LogP contribution in [0.25, 0.3) is 22.1 Å². The molecular formula is C19H17NO5. The third-order valence-electron chi connectivity index (χ3n) is 4.11. The number of nitrogens with two attached hydrogens (primary N) is 1. The summed E-state index contributed by atoms with van der Waals surface area (Å²) in [5, 5.41) is 9.62. The van der Waals surface area contributed by atoms with Crippen molar-refractivity contribution in [3.8, 4) is 16.9 Å². The molecule has 0 spiro atoms. The third-order valence-corrected chi connectivity index (χ3v) is 4.11. The Morgan fingerprint density at radius 1 is 1.16 bits per heavy atom. The lowest BCUT2D eigenvalue weighted by Gasteiger charge is -2.08. The number of primary amides is 1. The number of carbonyl (C=O) groups excluding carboxylic acids is 1. The van der Waals surface area contributed by atoms with E-state index in [-0.39, 0.29) is 5.56 Å². The second kappa shape index (κ2) is 6.32. The Kier molecular flexibility index (Phi) is 4.19. The number of hydrogen-bond donors (Lipinski definition) is 2. The summed E-state index contributed by atoms with van der Waals surface area (Å²) in [5.41, 5.74) is 8.03. The highest BCUT2D eigenvalue weighted by Gasteiger charge is 2.23. The Bertz CT molecular complexity index is 970. The maximum absolute atomic E-state index is 12.0. The zero-order valence-corrected chi connectivity index (χ0v) is 13.8. The number of fused-ring (bicyclic) bond motifs is 1. The van der Waals surface area contributed by atoms with Gasteiger partial charge < -0.3 is 20.0 Å². The fourth-order valence-electron chi connectivity index (χ4n) is 2.93. The van der Waals surface area contributed by atoms with Crippen LogP contribution in [0.5, 0.6) is 5.75 Å². The minimum atomic E-state index is -0.999. The van der Waals surface area contributed by atoms with Gasteiger partial charge in [-0.15, -0.1) is 0 Å². The van der Waals surface area contributed by atoms with Crippen molar-refractivity contribution < 1.29 is 23.8 Å². The van der Waals surface area contributed by atoms with E-state index in [9.17, 15) is 9.59 Å². The molecule has 0 saturated heterocycles. The summed E-state index contributed by atoms with van der Waals surface area (Å²) in [4.78, 5) is 23.1. The van der Waals surface area contributed by atoms with Gasteiger partial charge in [-0.1, -0.05) is 19.1 Å². The van der Waals surface area contributed by atoms with Gasteiger partial charge in [0.25, 0.3) is 5.91 Å². The lowest BCUT2D eigenvalue weighted by Crippen LogP contribution is -2.12. The fraction of sp³-hybridized carbons (Fsp3) is 0.158. The molecule has 6 nitrogen and oxygen atoms in total. The number of benzene rings is 2. The van der Waals surface area contributed by atoms with Crippen LogP contribution in [0.1, 0.15) is 33.4 Å². The van der Waals surface area contributed by atoms with E-state index in [1.165, 1.54) is 19.2 Å². The van der Waals surface area contributed by atoms with Crippen LogP contribution in [0.3, 0.4) is 0 Å². The molecule has 2 aromatic carbocycles. The van der Waals surface area contributed by atoms with E-state index in [0.29, 0.717) is 34.5 Å². The van der Waals surface area contributed by atoms with E-state index in [0.717, 1.165) is 11.1 Å². The molecule has 0 bridgehead atoms. The van der Waals surface area contributed by atoms with Crippen LogP contribution in [0.4, 0.5) is 0 Å². The summed E-state index contributed by atoms with van der Waals surface area (Å²) in [7, 11) is 1.52. The number of aryl methyl sites for hydroxylation is 1. The molecule has 0 aliphatic heterocycles. The lowest BCUT2D eigenvalue weighted by atomic mass is 9.96. The first-order valence-corrected chi connectivity index (χ1v) is 7.73. The third kappa shape index (κ3) is 2.71. The van der Waals surface area contributed by atoms with Crippen molar-refractivity contribution in [3.05, 3.63) is 53.3 Å². The highest BCUT2D eigenvalue weighted by molar-refractivity contribution is 6.13. The number of carboxylic acid groups (broad SMARTS) is 1. The largest absolute Gasteiger partial charge is 0.493 e. The van der Waals surface area contributed by atoms with E-state index in [1.54, 1.807) is 24.3 Å². The van der Waals surface area contributed by atoms with Gasteiger partial charge in [-0.25, -0.2) is 4.79 Å². The number of hydrogen-bond acceptors (Lipinski definition) is 4. The van der Waals surface area contributed by atoms with Gasteiger partial charge in [-0.05, 0) is 35.4 Å². The number of methoxy groups -OCH3 is 1. The summed E-state index contributed by atoms with van der Waals surface area (Å²) in [6, 6.07) is 9.95. The molecule has 0 aliphatic carbocycles. The first kappa shape index (κ1) is 16.6. The predicted octanol–water partition coefficient (Wildman–Crippen LogP) is 3.47. The van der Waals surface area contributed by atoms with Crippen LogP contribution in [-0.2, 0) is 6.42 Å². The van der Waals surface area contributed by atoms with Gasteiger partial charge in [0.1, 0.15) is 5.76 Å². The predicted molar refractivity (Wildman–Crippen MR) is 93.1 cm³/mol. The van der Waals surface area contributed by atoms with Crippen molar-refractivity contribution >= 4 is 22.8 Å². The Labute approximate surface area is 143 Å². The van der Waals surface area contributed by atoms with Gasteiger partial charge in [-0.3, -0.25) is 4.79 Å². The molecule has 1 heterocycles. The Balaban J connectivity index is 2.33. The number of furan rings is 1. The molecule has 0 radical (unpaired) electrons. The molecular weight excluding hydrogens is 322 g/mol. The molecule has 0 aliphatic rings. The molecule has 25 heavy (non-hydrogen) atoms. The number of amides is 1. The van der Waals surface area contributed by atoms with Gasteiger partial charge >= 0.3 is 5.97 Å². The normalized spacial score (nSPS) is 10.8. The number of aromatic carboxylic acids is 1. The average molecular weight is 339 g/mol. The zero-order chi connectivity index (χ0) is 18.1. The topological polar surface area (TPSA) is 103 Å². The van der Waals surface area contributed by atoms with E-state index < -0.39 is 11.9 Å². The molecule has 128 valence electrons. The number of carboxylic acids is 1. The van der Waals surface area contributed by atoms with E-state index in [4.69, 9.17) is 20.0 Å². The van der Waals surface area contributed by atoms with Crippen LogP contribution in [0.2, 0.25) is 0 Å². The van der Waals surface area contributed by atoms with Crippen molar-refractivity contribution in [2.75, 3.05) is 7.11 Å². The minimum Gasteiger partial charge on any atom is -0.493 e. The summed E-state index contributed by atoms with van der Waals surface area (Å²) in [6.45, 7) is 1.87. The minimum absolute atomic E-state index is 0.185. The highest BCUT2D eigenvalue weighted by atomic mass is 16.5. The van der Waals surface area contributed by atoms with Gasteiger partial charge in [0.15, 0.2) is 11.3 Å². The van der Waals surface area contributed by atoms with E-state index in [1.807, 2.05) is 6.92 Å². The van der Waals surface area contributed by atoms with Crippen LogP contribution >= 0.6 is 0 Å². The maximum Gasteiger partial charge on any atom is 0.335 e. The monoisotopic (exact) mass is 339 g/mol. The Hall–Kier alpha value is -3.28. The van der Waals surface area contributed by atoms with Gasteiger partial charge in [0.05, 0.1) is 18.2 Å². The van der Waals surface area contributed by atoms with Gasteiger partial charge in [0.2, 0.25) is 0 Å². The van der Waals surface area contributed by atoms with Crippen molar-refractivity contribution in [2.24, 2.45) is 5.73 Å². The van der Waals surface area contributed by atoms with Crippen molar-refractivity contribution in [3.63, 3.8) is 0 Å². The molecule has 3 rings (SSSR count). The second-order valence-electron chi connectivity index (χ2n) is 5.52. The maximum atomic E-state index is 12.0. The summed E-state index contributed by atoms with van der Waals surface area (Å²) >= 11 is 0. The average Bonchev–Trinajstić information content (AvgIpc) is 3.00. The number of carbonyl (C=O) groups is 2. The van der Waals surface area contributed by atoms with Crippen molar-refractivity contribution in [1.29, 1.82) is 0 Å². The molecule has 0 saturated carbocycles. The number of ether oxygens (including phenoxy) is 1. The zero-order valence-electron chi connectivity index (χ0n) is 13.8. The fourth-order valence-corrected chi connectivity index (χ4v) is 2.93. The quantitative estimate of drug-likeness (QED) is 0.741. The molecule has 0 atom stereocenters. The summed E-state index contributed by atoms with van der Waals surface area (Å²) in [5.74, 6) is -0.577. The second-order valence-corrected chi connectivity index (χ2v) is 5.52. The first-order chi connectivity index (χ1) is 12.0. The van der Waals surface area contributed by atoms with Crippen LogP contribution in [-0.4, -0.2) is 24.1 Å². The molecule has 3 N–H and O–H groups in total. The standard InChI is InChI=1S/C19H17NO5/c1-3-13-16(18(20)21)15-12(8-9-14(24-2)17(15)25-13)10-4-6-11(7-5-10)19(22)23/h4-9H,3H2,1-2H3,(H2,20,21)(H,22,23). The van der Waals surface area contributed by atoms with Gasteiger partial charge in [0, 0.05) is 11.8 Å². The van der Waals surface area contributed by atoms with Crippen molar-refractivity contribution in [1.82, 2.24) is 0 Å². The van der Waals surface area contributed by atoms with E-state index in [2.05, 4.69) is 0 Å². The first-order valence-electron chi connectivity index (χ1n) is 7.73. The lowest BCUT2D eigenvalue weighted by molar-refractivity contribution is 0.0696. The van der Waals surface area contributed by atoms with Gasteiger partial charge in [-0.2, -0.15) is 0 Å². The Morgan fingerprint density at radius 2 is 1.84 bits per heavy atom. The van der Waals surface area contributed by atoms with Crippen LogP contribution < -0.4 is 10.5 Å². The molecule has 0 fully saturated rings. The summed E-state index contributed by atoms with van der Waals surface area (Å²) < 4.78 is 11.2. The van der Waals surface area contributed by atoms with Crippen molar-refractivity contribution in [2.45, 2.75) is 13.3 Å².